The number of nitrogens with one attached hydrogen (secondary N) is 1. The zero-order valence-corrected chi connectivity index (χ0v) is 10.9. The van der Waals surface area contributed by atoms with Crippen LogP contribution in [0.1, 0.15) is 15.9 Å². The van der Waals surface area contributed by atoms with Crippen molar-refractivity contribution in [2.24, 2.45) is 0 Å². The van der Waals surface area contributed by atoms with Gasteiger partial charge in [-0.3, -0.25) is 10.2 Å². The van der Waals surface area contributed by atoms with Crippen LogP contribution in [0.4, 0.5) is 5.69 Å². The highest BCUT2D eigenvalue weighted by Gasteiger charge is 2.16. The fourth-order valence-electron chi connectivity index (χ4n) is 1.91. The lowest BCUT2D eigenvalue weighted by Crippen LogP contribution is -2.52. The molecule has 0 aliphatic carbocycles. The molecule has 1 fully saturated rings. The Morgan fingerprint density at radius 1 is 1.28 bits per heavy atom. The molecule has 0 spiro atoms. The molecule has 0 bridgehead atoms. The second kappa shape index (κ2) is 5.37. The molecule has 1 saturated heterocycles. The van der Waals surface area contributed by atoms with Gasteiger partial charge < -0.3 is 10.6 Å². The summed E-state index contributed by atoms with van der Waals surface area (Å²) in [5, 5.41) is 1.96. The summed E-state index contributed by atoms with van der Waals surface area (Å²) in [5.41, 5.74) is 11.0. The normalized spacial score (nSPS) is 17.7. The lowest BCUT2D eigenvalue weighted by atomic mass is 10.1. The minimum atomic E-state index is -0.0914. The number of hydrogen-bond acceptors (Lipinski definition) is 4. The molecule has 98 valence electrons. The first-order chi connectivity index (χ1) is 8.56. The number of benzene rings is 1. The average Bonchev–Trinajstić information content (AvgIpc) is 2.35. The van der Waals surface area contributed by atoms with E-state index in [1.807, 2.05) is 18.0 Å². The number of hydrogen-bond donors (Lipinski definition) is 2. The summed E-state index contributed by atoms with van der Waals surface area (Å²) in [4.78, 5) is 14.3. The van der Waals surface area contributed by atoms with Gasteiger partial charge in [-0.1, -0.05) is 6.07 Å². The van der Waals surface area contributed by atoms with E-state index in [0.717, 1.165) is 31.7 Å². The summed E-state index contributed by atoms with van der Waals surface area (Å²) in [5.74, 6) is -0.0914. The molecule has 1 aliphatic rings. The number of amides is 1. The maximum absolute atomic E-state index is 12.0. The van der Waals surface area contributed by atoms with Gasteiger partial charge in [0.2, 0.25) is 0 Å². The summed E-state index contributed by atoms with van der Waals surface area (Å²) in [6.07, 6.45) is 0. The number of nitrogen functional groups attached to an aromatic ring is 1. The fourth-order valence-corrected chi connectivity index (χ4v) is 1.91. The number of likely N-dealkylation sites (N-methyl/N-ethyl adjacent to an activating group) is 1. The molecule has 1 heterocycles. The van der Waals surface area contributed by atoms with Crippen molar-refractivity contribution in [3.05, 3.63) is 29.3 Å². The Kier molecular flexibility index (Phi) is 3.84. The van der Waals surface area contributed by atoms with Crippen LogP contribution in [0.2, 0.25) is 0 Å². The third-order valence-electron chi connectivity index (χ3n) is 3.30. The lowest BCUT2D eigenvalue weighted by molar-refractivity contribution is 0.0662. The quantitative estimate of drug-likeness (QED) is 0.747. The smallest absolute Gasteiger partial charge is 0.265 e. The molecular weight excluding hydrogens is 228 g/mol. The Morgan fingerprint density at radius 2 is 1.94 bits per heavy atom. The van der Waals surface area contributed by atoms with Crippen molar-refractivity contribution in [1.29, 1.82) is 0 Å². The van der Waals surface area contributed by atoms with Crippen LogP contribution >= 0.6 is 0 Å². The first-order valence-corrected chi connectivity index (χ1v) is 6.17. The molecule has 3 N–H and O–H groups in total. The first kappa shape index (κ1) is 12.9. The standard InChI is InChI=1S/C13H20N4O/c1-10-3-4-11(9-12(10)14)13(18)15-17-7-5-16(2)6-8-17/h3-4,9H,5-8,14H2,1-2H3,(H,15,18). The van der Waals surface area contributed by atoms with E-state index in [2.05, 4.69) is 17.4 Å². The highest BCUT2D eigenvalue weighted by Crippen LogP contribution is 2.12. The maximum Gasteiger partial charge on any atom is 0.265 e. The van der Waals surface area contributed by atoms with Gasteiger partial charge in [0, 0.05) is 37.4 Å². The van der Waals surface area contributed by atoms with Crippen LogP contribution in [0, 0.1) is 6.92 Å². The molecule has 1 aromatic rings. The Labute approximate surface area is 108 Å². The van der Waals surface area contributed by atoms with Crippen molar-refractivity contribution in [2.45, 2.75) is 6.92 Å². The zero-order chi connectivity index (χ0) is 13.1. The predicted octanol–water partition coefficient (Wildman–Crippen LogP) is 0.469. The van der Waals surface area contributed by atoms with Crippen molar-refractivity contribution >= 4 is 11.6 Å². The second-order valence-corrected chi connectivity index (χ2v) is 4.80. The van der Waals surface area contributed by atoms with E-state index >= 15 is 0 Å². The molecule has 0 atom stereocenters. The van der Waals surface area contributed by atoms with E-state index in [-0.39, 0.29) is 5.91 Å². The minimum Gasteiger partial charge on any atom is -0.398 e. The molecular formula is C13H20N4O. The topological polar surface area (TPSA) is 61.6 Å². The van der Waals surface area contributed by atoms with E-state index in [4.69, 9.17) is 5.73 Å². The fraction of sp³-hybridized carbons (Fsp3) is 0.462. The number of hydrazine groups is 1. The summed E-state index contributed by atoms with van der Waals surface area (Å²) in [6.45, 7) is 5.57. The number of carbonyl (C=O) groups is 1. The van der Waals surface area contributed by atoms with Gasteiger partial charge in [0.1, 0.15) is 0 Å². The number of anilines is 1. The van der Waals surface area contributed by atoms with Crippen LogP contribution in [0.15, 0.2) is 18.2 Å². The lowest BCUT2D eigenvalue weighted by Gasteiger charge is -2.32. The number of nitrogens with zero attached hydrogens (tertiary/aromatic N) is 2. The van der Waals surface area contributed by atoms with E-state index in [0.29, 0.717) is 11.3 Å². The maximum atomic E-state index is 12.0. The van der Waals surface area contributed by atoms with Crippen LogP contribution in [-0.2, 0) is 0 Å². The number of aryl methyl sites for hydroxylation is 1. The van der Waals surface area contributed by atoms with Gasteiger partial charge in [0.25, 0.3) is 5.91 Å². The van der Waals surface area contributed by atoms with Gasteiger partial charge in [-0.2, -0.15) is 0 Å². The molecule has 1 aromatic carbocycles. The average molecular weight is 248 g/mol. The third-order valence-corrected chi connectivity index (χ3v) is 3.30. The third kappa shape index (κ3) is 3.00. The molecule has 1 amide bonds. The molecule has 0 unspecified atom stereocenters. The Balaban J connectivity index is 1.97. The largest absolute Gasteiger partial charge is 0.398 e. The van der Waals surface area contributed by atoms with Gasteiger partial charge >= 0.3 is 0 Å². The van der Waals surface area contributed by atoms with Crippen LogP contribution in [-0.4, -0.2) is 49.0 Å². The second-order valence-electron chi connectivity index (χ2n) is 4.80. The van der Waals surface area contributed by atoms with E-state index in [9.17, 15) is 4.79 Å². The van der Waals surface area contributed by atoms with Crippen molar-refractivity contribution in [1.82, 2.24) is 15.3 Å². The molecule has 2 rings (SSSR count). The van der Waals surface area contributed by atoms with E-state index in [1.54, 1.807) is 12.1 Å². The summed E-state index contributed by atoms with van der Waals surface area (Å²) >= 11 is 0. The number of carbonyl (C=O) groups excluding carboxylic acids is 1. The summed E-state index contributed by atoms with van der Waals surface area (Å²) in [7, 11) is 2.08. The molecule has 0 radical (unpaired) electrons. The Hall–Kier alpha value is -1.59. The number of nitrogens with two attached hydrogens (primary N) is 1. The van der Waals surface area contributed by atoms with Crippen molar-refractivity contribution in [3.8, 4) is 0 Å². The molecule has 1 aliphatic heterocycles. The highest BCUT2D eigenvalue weighted by atomic mass is 16.2. The molecule has 18 heavy (non-hydrogen) atoms. The Bertz CT molecular complexity index is 439. The number of piperazine rings is 1. The van der Waals surface area contributed by atoms with Gasteiger partial charge in [-0.15, -0.1) is 0 Å². The Morgan fingerprint density at radius 3 is 2.56 bits per heavy atom. The van der Waals surface area contributed by atoms with Gasteiger partial charge in [0.05, 0.1) is 0 Å². The van der Waals surface area contributed by atoms with E-state index < -0.39 is 0 Å². The van der Waals surface area contributed by atoms with Crippen molar-refractivity contribution < 1.29 is 4.79 Å². The molecule has 0 aromatic heterocycles. The minimum absolute atomic E-state index is 0.0914. The van der Waals surface area contributed by atoms with Crippen LogP contribution < -0.4 is 11.2 Å². The monoisotopic (exact) mass is 248 g/mol. The van der Waals surface area contributed by atoms with Gasteiger partial charge in [-0.25, -0.2) is 5.01 Å². The van der Waals surface area contributed by atoms with Crippen LogP contribution in [0.3, 0.4) is 0 Å². The highest BCUT2D eigenvalue weighted by molar-refractivity contribution is 5.94. The van der Waals surface area contributed by atoms with Crippen LogP contribution in [0.5, 0.6) is 0 Å². The predicted molar refractivity (Wildman–Crippen MR) is 72.1 cm³/mol. The molecule has 5 nitrogen and oxygen atoms in total. The van der Waals surface area contributed by atoms with Crippen molar-refractivity contribution in [3.63, 3.8) is 0 Å². The van der Waals surface area contributed by atoms with Crippen LogP contribution in [0.25, 0.3) is 0 Å². The van der Waals surface area contributed by atoms with Gasteiger partial charge in [0.15, 0.2) is 0 Å². The molecule has 0 saturated carbocycles. The van der Waals surface area contributed by atoms with Gasteiger partial charge in [-0.05, 0) is 31.7 Å². The van der Waals surface area contributed by atoms with Crippen molar-refractivity contribution in [2.75, 3.05) is 39.0 Å². The number of rotatable bonds is 2. The summed E-state index contributed by atoms with van der Waals surface area (Å²) < 4.78 is 0. The summed E-state index contributed by atoms with van der Waals surface area (Å²) in [6, 6.07) is 5.39. The zero-order valence-electron chi connectivity index (χ0n) is 10.9. The SMILES string of the molecule is Cc1ccc(C(=O)NN2CCN(C)CC2)cc1N. The molecule has 5 heteroatoms. The first-order valence-electron chi connectivity index (χ1n) is 6.17. The van der Waals surface area contributed by atoms with E-state index in [1.165, 1.54) is 0 Å².